The third-order valence-corrected chi connectivity index (χ3v) is 0. The van der Waals surface area contributed by atoms with Gasteiger partial charge in [-0.1, -0.05) is 0 Å². The van der Waals surface area contributed by atoms with Crippen LogP contribution in [0, 0.1) is 0 Å². The molecule has 0 aliphatic carbocycles. The van der Waals surface area contributed by atoms with Gasteiger partial charge in [-0.05, 0) is 0 Å². The van der Waals surface area contributed by atoms with Gasteiger partial charge in [0.05, 0.1) is 0 Å². The average Bonchev–Trinajstić information content (AvgIpc) is 1.50. The third-order valence-electron chi connectivity index (χ3n) is 0. The molecular weight excluding hydrogens is 177 g/mol. The molecule has 0 atom stereocenters. The van der Waals surface area contributed by atoms with Crippen molar-refractivity contribution in [2.75, 3.05) is 0 Å². The summed E-state index contributed by atoms with van der Waals surface area (Å²) in [5, 5.41) is 0. The minimum atomic E-state index is 0.125. The van der Waals surface area contributed by atoms with Crippen LogP contribution >= 0.6 is 0 Å². The molecule has 0 aromatic rings. The average molecular weight is 181 g/mol. The van der Waals surface area contributed by atoms with E-state index in [-0.39, 0.29) is 32.9 Å². The van der Waals surface area contributed by atoms with Crippen molar-refractivity contribution >= 4 is 32.9 Å². The molecule has 4 heavy (non-hydrogen) atoms. The van der Waals surface area contributed by atoms with Gasteiger partial charge in [-0.3, -0.25) is 0 Å². The van der Waals surface area contributed by atoms with Crippen molar-refractivity contribution in [3.8, 4) is 0 Å². The van der Waals surface area contributed by atoms with E-state index in [1.165, 1.54) is 0 Å². The van der Waals surface area contributed by atoms with Gasteiger partial charge in [-0.2, -0.15) is 0 Å². The molecule has 4 heteroatoms. The molecule has 0 fully saturated rings. The molecule has 0 saturated heterocycles. The molecule has 0 aromatic carbocycles. The fourth-order valence-corrected chi connectivity index (χ4v) is 0. The topological polar surface area (TPSA) is 34.1 Å². The van der Waals surface area contributed by atoms with Gasteiger partial charge in [-0.25, -0.2) is 0 Å². The van der Waals surface area contributed by atoms with E-state index < -0.39 is 0 Å². The Morgan fingerprint density at radius 1 is 0.750 bits per heavy atom. The van der Waals surface area contributed by atoms with E-state index in [4.69, 9.17) is 7.56 Å². The normalized spacial score (nSPS) is 2.00. The fourth-order valence-electron chi connectivity index (χ4n) is 0. The summed E-state index contributed by atoms with van der Waals surface area (Å²) in [5.41, 5.74) is 0. The molecule has 0 heterocycles. The molecular formula is H4Ge2O2. The Balaban J connectivity index is 0. The molecule has 0 bridgehead atoms. The summed E-state index contributed by atoms with van der Waals surface area (Å²) in [4.78, 5) is 0. The molecule has 2 nitrogen and oxygen atoms in total. The van der Waals surface area contributed by atoms with Crippen LogP contribution in [0.5, 0.6) is 0 Å². The van der Waals surface area contributed by atoms with Gasteiger partial charge in [0.2, 0.25) is 0 Å². The predicted octanol–water partition coefficient (Wildman–Crippen LogP) is -2.07. The Morgan fingerprint density at radius 3 is 0.750 bits per heavy atom. The molecule has 0 rings (SSSR count). The van der Waals surface area contributed by atoms with E-state index in [0.717, 1.165) is 0 Å². The first kappa shape index (κ1) is 8.82. The SMILES string of the molecule is [O]=[GeH2].[O]=[GeH2]. The van der Waals surface area contributed by atoms with Crippen molar-refractivity contribution in [1.29, 1.82) is 0 Å². The Hall–Kier alpha value is 0.686. The van der Waals surface area contributed by atoms with E-state index in [9.17, 15) is 0 Å². The molecule has 0 spiro atoms. The van der Waals surface area contributed by atoms with Crippen molar-refractivity contribution < 1.29 is 7.56 Å². The van der Waals surface area contributed by atoms with Gasteiger partial charge in [0.1, 0.15) is 0 Å². The van der Waals surface area contributed by atoms with Crippen molar-refractivity contribution in [3.63, 3.8) is 0 Å². The zero-order valence-corrected chi connectivity index (χ0v) is 8.16. The molecule has 0 amide bonds. The number of hydrogen-bond acceptors (Lipinski definition) is 2. The molecule has 0 aromatic heterocycles. The van der Waals surface area contributed by atoms with Crippen molar-refractivity contribution in [3.05, 3.63) is 0 Å². The predicted molar refractivity (Wildman–Crippen MR) is 18.5 cm³/mol. The Kier molecular flexibility index (Phi) is 125. The van der Waals surface area contributed by atoms with Gasteiger partial charge < -0.3 is 0 Å². The zero-order chi connectivity index (χ0) is 4.00. The zero-order valence-electron chi connectivity index (χ0n) is 2.23. The van der Waals surface area contributed by atoms with E-state index >= 15 is 0 Å². The second kappa shape index (κ2) is 56.5. The van der Waals surface area contributed by atoms with Crippen LogP contribution in [0.3, 0.4) is 0 Å². The van der Waals surface area contributed by atoms with Gasteiger partial charge in [0.15, 0.2) is 0 Å². The molecule has 0 radical (unpaired) electrons. The maximum absolute atomic E-state index is 8.38. The minimum absolute atomic E-state index is 0.125. The standard InChI is InChI=1S/2GeH2O/c2*1-2/h2*1H2. The van der Waals surface area contributed by atoms with Gasteiger partial charge in [0.25, 0.3) is 0 Å². The molecule has 0 unspecified atom stereocenters. The van der Waals surface area contributed by atoms with Gasteiger partial charge in [-0.15, -0.1) is 0 Å². The molecule has 24 valence electrons. The summed E-state index contributed by atoms with van der Waals surface area (Å²) in [5.74, 6) is 0. The molecule has 0 saturated carbocycles. The van der Waals surface area contributed by atoms with Crippen LogP contribution < -0.4 is 0 Å². The van der Waals surface area contributed by atoms with Crippen LogP contribution in [0.1, 0.15) is 0 Å². The van der Waals surface area contributed by atoms with Crippen LogP contribution in [0.4, 0.5) is 0 Å². The first-order valence-electron chi connectivity index (χ1n) is 0.577. The first-order chi connectivity index (χ1) is 2.00. The van der Waals surface area contributed by atoms with Crippen molar-refractivity contribution in [1.82, 2.24) is 0 Å². The monoisotopic (exact) mass is 184 g/mol. The summed E-state index contributed by atoms with van der Waals surface area (Å²) in [6, 6.07) is 0. The van der Waals surface area contributed by atoms with Gasteiger partial charge >= 0.3 is 40.5 Å². The van der Waals surface area contributed by atoms with Crippen LogP contribution in [-0.4, -0.2) is 32.9 Å². The second-order valence-corrected chi connectivity index (χ2v) is 0. The number of hydrogen-bond donors (Lipinski definition) is 0. The molecule has 0 aliphatic heterocycles. The van der Waals surface area contributed by atoms with Crippen molar-refractivity contribution in [2.45, 2.75) is 0 Å². The first-order valence-corrected chi connectivity index (χ1v) is 3.00. The summed E-state index contributed by atoms with van der Waals surface area (Å²) in [6.07, 6.45) is 0. The summed E-state index contributed by atoms with van der Waals surface area (Å²) in [7, 11) is 0. The second-order valence-electron chi connectivity index (χ2n) is 0. The van der Waals surface area contributed by atoms with E-state index in [1.54, 1.807) is 0 Å². The van der Waals surface area contributed by atoms with Crippen molar-refractivity contribution in [2.24, 2.45) is 0 Å². The molecule has 0 aliphatic rings. The fraction of sp³-hybridized carbons (Fsp3) is 0. The van der Waals surface area contributed by atoms with E-state index in [1.807, 2.05) is 0 Å². The van der Waals surface area contributed by atoms with E-state index in [0.29, 0.717) is 0 Å². The maximum atomic E-state index is 8.38. The Labute approximate surface area is 40.8 Å². The summed E-state index contributed by atoms with van der Waals surface area (Å²) < 4.78 is 16.8. The van der Waals surface area contributed by atoms with Gasteiger partial charge in [0, 0.05) is 0 Å². The van der Waals surface area contributed by atoms with Crippen LogP contribution in [0.25, 0.3) is 0 Å². The summed E-state index contributed by atoms with van der Waals surface area (Å²) in [6.45, 7) is 0. The summed E-state index contributed by atoms with van der Waals surface area (Å²) >= 11 is 0.250. The molecule has 0 N–H and O–H groups in total. The Bertz CT molecular complexity index is 6.00. The quantitative estimate of drug-likeness (QED) is 0.402. The Morgan fingerprint density at radius 2 is 0.750 bits per heavy atom. The van der Waals surface area contributed by atoms with Crippen LogP contribution in [0.15, 0.2) is 0 Å². The van der Waals surface area contributed by atoms with E-state index in [2.05, 4.69) is 0 Å². The van der Waals surface area contributed by atoms with Crippen LogP contribution in [-0.2, 0) is 7.56 Å². The number of rotatable bonds is 0. The van der Waals surface area contributed by atoms with Crippen LogP contribution in [0.2, 0.25) is 0 Å². The third kappa shape index (κ3) is 16.2.